The van der Waals surface area contributed by atoms with E-state index < -0.39 is 0 Å². The molecule has 1 aromatic carbocycles. The third-order valence-corrected chi connectivity index (χ3v) is 2.87. The van der Waals surface area contributed by atoms with E-state index in [4.69, 9.17) is 10.5 Å². The van der Waals surface area contributed by atoms with Crippen LogP contribution in [0.25, 0.3) is 0 Å². The van der Waals surface area contributed by atoms with Crippen molar-refractivity contribution in [3.8, 4) is 5.75 Å². The van der Waals surface area contributed by atoms with Gasteiger partial charge in [-0.15, -0.1) is 10.2 Å². The molecular formula is C11H14BrN5O. The molecule has 6 nitrogen and oxygen atoms in total. The molecule has 2 rings (SSSR count). The monoisotopic (exact) mass is 311 g/mol. The summed E-state index contributed by atoms with van der Waals surface area (Å²) in [5.41, 5.74) is 6.84. The zero-order chi connectivity index (χ0) is 13.1. The molecule has 0 saturated carbocycles. The molecule has 0 spiro atoms. The summed E-state index contributed by atoms with van der Waals surface area (Å²) in [5, 5.41) is 11.7. The van der Waals surface area contributed by atoms with Crippen LogP contribution in [0.15, 0.2) is 22.7 Å². The molecule has 0 aliphatic carbocycles. The maximum Gasteiger partial charge on any atom is 0.212 e. The highest BCUT2D eigenvalue weighted by Gasteiger charge is 2.10. The number of nitrogens with zero attached hydrogens (tertiary/aromatic N) is 4. The van der Waals surface area contributed by atoms with Gasteiger partial charge in [0.2, 0.25) is 5.82 Å². The number of hydrogen-bond donors (Lipinski definition) is 1. The molecule has 0 radical (unpaired) electrons. The molecule has 2 N–H and O–H groups in total. The Morgan fingerprint density at radius 3 is 2.89 bits per heavy atom. The van der Waals surface area contributed by atoms with Crippen LogP contribution in [0.3, 0.4) is 0 Å². The normalized spacial score (nSPS) is 12.4. The topological polar surface area (TPSA) is 78.9 Å². The van der Waals surface area contributed by atoms with Crippen LogP contribution in [0.2, 0.25) is 0 Å². The quantitative estimate of drug-likeness (QED) is 0.927. The maximum atomic E-state index is 5.89. The summed E-state index contributed by atoms with van der Waals surface area (Å²) < 4.78 is 6.63. The van der Waals surface area contributed by atoms with Gasteiger partial charge in [0, 0.05) is 16.1 Å². The van der Waals surface area contributed by atoms with Crippen molar-refractivity contribution >= 4 is 15.9 Å². The highest BCUT2D eigenvalue weighted by molar-refractivity contribution is 9.10. The Labute approximate surface area is 113 Å². The van der Waals surface area contributed by atoms with Crippen molar-refractivity contribution in [2.45, 2.75) is 19.6 Å². The Morgan fingerprint density at radius 2 is 2.28 bits per heavy atom. The molecule has 1 aromatic heterocycles. The van der Waals surface area contributed by atoms with Crippen LogP contribution in [-0.4, -0.2) is 20.2 Å². The van der Waals surface area contributed by atoms with Gasteiger partial charge >= 0.3 is 0 Å². The summed E-state index contributed by atoms with van der Waals surface area (Å²) in [6, 6.07) is 5.66. The lowest BCUT2D eigenvalue weighted by Crippen LogP contribution is -2.08. The van der Waals surface area contributed by atoms with Crippen LogP contribution in [0.1, 0.15) is 24.4 Å². The van der Waals surface area contributed by atoms with Crippen LogP contribution in [0.5, 0.6) is 5.75 Å². The van der Waals surface area contributed by atoms with Crippen molar-refractivity contribution in [3.63, 3.8) is 0 Å². The van der Waals surface area contributed by atoms with Gasteiger partial charge in [0.15, 0.2) is 6.61 Å². The molecule has 1 heterocycles. The number of hydrogen-bond acceptors (Lipinski definition) is 5. The van der Waals surface area contributed by atoms with E-state index in [0.29, 0.717) is 5.82 Å². The summed E-state index contributed by atoms with van der Waals surface area (Å²) in [7, 11) is 1.71. The van der Waals surface area contributed by atoms with Gasteiger partial charge in [-0.25, -0.2) is 0 Å². The van der Waals surface area contributed by atoms with Crippen LogP contribution < -0.4 is 10.5 Å². The van der Waals surface area contributed by atoms with E-state index in [1.165, 1.54) is 4.80 Å². The van der Waals surface area contributed by atoms with Crippen molar-refractivity contribution < 1.29 is 4.74 Å². The summed E-state index contributed by atoms with van der Waals surface area (Å²) in [5.74, 6) is 1.26. The standard InChI is InChI=1S/C11H14BrN5O/c1-7(13)9-4-3-8(12)5-10(9)18-6-11-14-16-17(2)15-11/h3-5,7H,6,13H2,1-2H3. The average molecular weight is 312 g/mol. The van der Waals surface area contributed by atoms with Crippen molar-refractivity contribution in [2.75, 3.05) is 0 Å². The third-order valence-electron chi connectivity index (χ3n) is 2.37. The Bertz CT molecular complexity index is 540. The summed E-state index contributed by atoms with van der Waals surface area (Å²) in [4.78, 5) is 1.39. The minimum atomic E-state index is -0.0945. The largest absolute Gasteiger partial charge is 0.485 e. The SMILES string of the molecule is CC(N)c1ccc(Br)cc1OCc1nnn(C)n1. The molecule has 0 aliphatic heterocycles. The minimum absolute atomic E-state index is 0.0945. The van der Waals surface area contributed by atoms with E-state index in [2.05, 4.69) is 31.3 Å². The number of aryl methyl sites for hydroxylation is 1. The fourth-order valence-corrected chi connectivity index (χ4v) is 1.87. The van der Waals surface area contributed by atoms with Gasteiger partial charge in [-0.05, 0) is 24.3 Å². The molecule has 2 aromatic rings. The second kappa shape index (κ2) is 5.45. The smallest absolute Gasteiger partial charge is 0.212 e. The number of rotatable bonds is 4. The van der Waals surface area contributed by atoms with Crippen LogP contribution in [-0.2, 0) is 13.7 Å². The van der Waals surface area contributed by atoms with Gasteiger partial charge in [-0.3, -0.25) is 0 Å². The number of ether oxygens (including phenoxy) is 1. The van der Waals surface area contributed by atoms with Gasteiger partial charge < -0.3 is 10.5 Å². The van der Waals surface area contributed by atoms with Crippen LogP contribution >= 0.6 is 15.9 Å². The van der Waals surface area contributed by atoms with E-state index in [1.54, 1.807) is 7.05 Å². The Morgan fingerprint density at radius 1 is 1.50 bits per heavy atom. The molecule has 0 saturated heterocycles. The molecule has 0 amide bonds. The molecule has 0 fully saturated rings. The first-order valence-corrected chi connectivity index (χ1v) is 6.26. The predicted molar refractivity (Wildman–Crippen MR) is 69.9 cm³/mol. The van der Waals surface area contributed by atoms with Crippen molar-refractivity contribution in [3.05, 3.63) is 34.1 Å². The summed E-state index contributed by atoms with van der Waals surface area (Å²) in [6.07, 6.45) is 0. The van der Waals surface area contributed by atoms with Crippen molar-refractivity contribution in [1.82, 2.24) is 20.2 Å². The van der Waals surface area contributed by atoms with E-state index in [-0.39, 0.29) is 12.6 Å². The van der Waals surface area contributed by atoms with Crippen LogP contribution in [0.4, 0.5) is 0 Å². The molecule has 7 heteroatoms. The number of tetrazole rings is 1. The zero-order valence-electron chi connectivity index (χ0n) is 10.2. The van der Waals surface area contributed by atoms with E-state index in [9.17, 15) is 0 Å². The van der Waals surface area contributed by atoms with Crippen molar-refractivity contribution in [1.29, 1.82) is 0 Å². The number of nitrogens with two attached hydrogens (primary N) is 1. The van der Waals surface area contributed by atoms with Crippen molar-refractivity contribution in [2.24, 2.45) is 12.8 Å². The van der Waals surface area contributed by atoms with Gasteiger partial charge in [-0.1, -0.05) is 22.0 Å². The lowest BCUT2D eigenvalue weighted by molar-refractivity contribution is 0.290. The predicted octanol–water partition coefficient (Wildman–Crippen LogP) is 1.57. The first kappa shape index (κ1) is 13.0. The lowest BCUT2D eigenvalue weighted by atomic mass is 10.1. The first-order valence-electron chi connectivity index (χ1n) is 5.47. The molecule has 0 bridgehead atoms. The fraction of sp³-hybridized carbons (Fsp3) is 0.364. The Hall–Kier alpha value is -1.47. The van der Waals surface area contributed by atoms with E-state index in [1.807, 2.05) is 25.1 Å². The molecule has 0 aliphatic rings. The second-order valence-electron chi connectivity index (χ2n) is 3.95. The highest BCUT2D eigenvalue weighted by atomic mass is 79.9. The van der Waals surface area contributed by atoms with Gasteiger partial charge in [-0.2, -0.15) is 4.80 Å². The first-order chi connectivity index (χ1) is 8.56. The minimum Gasteiger partial charge on any atom is -0.485 e. The summed E-state index contributed by atoms with van der Waals surface area (Å²) >= 11 is 3.41. The fourth-order valence-electron chi connectivity index (χ4n) is 1.53. The molecular weight excluding hydrogens is 298 g/mol. The third kappa shape index (κ3) is 3.05. The Kier molecular flexibility index (Phi) is 3.93. The Balaban J connectivity index is 2.15. The maximum absolute atomic E-state index is 5.89. The van der Waals surface area contributed by atoms with Gasteiger partial charge in [0.05, 0.1) is 7.05 Å². The number of benzene rings is 1. The second-order valence-corrected chi connectivity index (χ2v) is 4.87. The summed E-state index contributed by atoms with van der Waals surface area (Å²) in [6.45, 7) is 2.18. The van der Waals surface area contributed by atoms with Gasteiger partial charge in [0.1, 0.15) is 5.75 Å². The number of aromatic nitrogens is 4. The molecule has 1 unspecified atom stereocenters. The van der Waals surface area contributed by atoms with E-state index in [0.717, 1.165) is 15.8 Å². The molecule has 1 atom stereocenters. The molecule has 18 heavy (non-hydrogen) atoms. The molecule has 96 valence electrons. The lowest BCUT2D eigenvalue weighted by Gasteiger charge is -2.13. The van der Waals surface area contributed by atoms with Gasteiger partial charge in [0.25, 0.3) is 0 Å². The average Bonchev–Trinajstić information content (AvgIpc) is 2.72. The number of halogens is 1. The van der Waals surface area contributed by atoms with Crippen LogP contribution in [0, 0.1) is 0 Å². The van der Waals surface area contributed by atoms with E-state index >= 15 is 0 Å². The highest BCUT2D eigenvalue weighted by Crippen LogP contribution is 2.28. The zero-order valence-corrected chi connectivity index (χ0v) is 11.8.